The second kappa shape index (κ2) is 5.89. The molecule has 4 nitrogen and oxygen atoms in total. The van der Waals surface area contributed by atoms with Crippen LogP contribution < -0.4 is 10.5 Å². The average Bonchev–Trinajstić information content (AvgIpc) is 2.74. The molecule has 4 heteroatoms. The predicted molar refractivity (Wildman–Crippen MR) is 73.0 cm³/mol. The van der Waals surface area contributed by atoms with E-state index in [0.29, 0.717) is 6.54 Å². The lowest BCUT2D eigenvalue weighted by molar-refractivity contribution is 0.280. The van der Waals surface area contributed by atoms with Gasteiger partial charge in [-0.05, 0) is 43.1 Å². The highest BCUT2D eigenvalue weighted by Crippen LogP contribution is 2.26. The first-order valence-corrected chi connectivity index (χ1v) is 6.27. The Balaban J connectivity index is 2.45. The number of nitrogens with two attached hydrogens (primary N) is 1. The summed E-state index contributed by atoms with van der Waals surface area (Å²) in [5.74, 6) is 0.862. The molecule has 3 N–H and O–H groups in total. The number of nitrogens with zero attached hydrogens (tertiary/aromatic N) is 1. The third-order valence-corrected chi connectivity index (χ3v) is 3.14. The summed E-state index contributed by atoms with van der Waals surface area (Å²) in [7, 11) is 1.67. The lowest BCUT2D eigenvalue weighted by Crippen LogP contribution is -2.02. The van der Waals surface area contributed by atoms with E-state index in [9.17, 15) is 0 Å². The number of aromatic nitrogens is 1. The van der Waals surface area contributed by atoms with Crippen molar-refractivity contribution in [2.24, 2.45) is 5.73 Å². The Kier molecular flexibility index (Phi) is 4.23. The fourth-order valence-electron chi connectivity index (χ4n) is 2.26. The van der Waals surface area contributed by atoms with E-state index in [-0.39, 0.29) is 6.61 Å². The molecule has 98 valence electrons. The van der Waals surface area contributed by atoms with E-state index in [2.05, 4.69) is 22.9 Å². The first-order chi connectivity index (χ1) is 8.80. The molecule has 0 aliphatic heterocycles. The van der Waals surface area contributed by atoms with Crippen LogP contribution in [0.5, 0.6) is 5.75 Å². The summed E-state index contributed by atoms with van der Waals surface area (Å²) in [6.07, 6.45) is 3.75. The van der Waals surface area contributed by atoms with Crippen molar-refractivity contribution in [3.63, 3.8) is 0 Å². The van der Waals surface area contributed by atoms with E-state index in [0.717, 1.165) is 25.1 Å². The molecule has 1 heterocycles. The Labute approximate surface area is 107 Å². The number of hydrogen-bond acceptors (Lipinski definition) is 3. The van der Waals surface area contributed by atoms with Crippen molar-refractivity contribution in [1.29, 1.82) is 0 Å². The number of aliphatic hydroxyl groups excluding tert-OH is 1. The van der Waals surface area contributed by atoms with E-state index in [1.54, 1.807) is 7.11 Å². The van der Waals surface area contributed by atoms with Gasteiger partial charge in [0.1, 0.15) is 5.75 Å². The maximum atomic E-state index is 8.94. The molecule has 0 saturated carbocycles. The molecule has 0 saturated heterocycles. The Morgan fingerprint density at radius 3 is 2.89 bits per heavy atom. The van der Waals surface area contributed by atoms with Gasteiger partial charge in [0.05, 0.1) is 7.11 Å². The van der Waals surface area contributed by atoms with Crippen LogP contribution in [0.3, 0.4) is 0 Å². The number of hydrogen-bond donors (Lipinski definition) is 2. The minimum absolute atomic E-state index is 0.210. The maximum Gasteiger partial charge on any atom is 0.119 e. The summed E-state index contributed by atoms with van der Waals surface area (Å²) in [6, 6.07) is 6.07. The number of fused-ring (bicyclic) bond motifs is 1. The smallest absolute Gasteiger partial charge is 0.119 e. The highest BCUT2D eigenvalue weighted by Gasteiger charge is 2.08. The minimum Gasteiger partial charge on any atom is -0.497 e. The molecule has 0 unspecified atom stereocenters. The lowest BCUT2D eigenvalue weighted by Gasteiger charge is -2.04. The fraction of sp³-hybridized carbons (Fsp3) is 0.429. The summed E-state index contributed by atoms with van der Waals surface area (Å²) >= 11 is 0. The van der Waals surface area contributed by atoms with Gasteiger partial charge in [-0.1, -0.05) is 0 Å². The zero-order chi connectivity index (χ0) is 13.0. The van der Waals surface area contributed by atoms with Crippen LogP contribution >= 0.6 is 0 Å². The van der Waals surface area contributed by atoms with Crippen LogP contribution in [0.1, 0.15) is 12.0 Å². The van der Waals surface area contributed by atoms with Gasteiger partial charge < -0.3 is 20.1 Å². The molecule has 1 aromatic carbocycles. The highest BCUT2D eigenvalue weighted by atomic mass is 16.5. The molecule has 0 bridgehead atoms. The number of aliphatic hydroxyl groups is 1. The summed E-state index contributed by atoms with van der Waals surface area (Å²) in [5, 5.41) is 10.1. The molecule has 0 amide bonds. The van der Waals surface area contributed by atoms with E-state index in [4.69, 9.17) is 15.6 Å². The second-order valence-electron chi connectivity index (χ2n) is 4.35. The van der Waals surface area contributed by atoms with Crippen molar-refractivity contribution in [1.82, 2.24) is 4.57 Å². The quantitative estimate of drug-likeness (QED) is 0.815. The topological polar surface area (TPSA) is 60.4 Å². The first kappa shape index (κ1) is 12.9. The number of methoxy groups -OCH3 is 1. The number of rotatable bonds is 6. The van der Waals surface area contributed by atoms with Crippen LogP contribution in [0.25, 0.3) is 10.9 Å². The summed E-state index contributed by atoms with van der Waals surface area (Å²) < 4.78 is 7.44. The Morgan fingerprint density at radius 2 is 2.22 bits per heavy atom. The summed E-state index contributed by atoms with van der Waals surface area (Å²) in [6.45, 7) is 1.67. The number of ether oxygens (including phenoxy) is 1. The standard InChI is InChI=1S/C14H20N2O2/c1-18-12-3-4-14-13(9-12)11(5-6-15)10-16(14)7-2-8-17/h3-4,9-10,17H,2,5-8,15H2,1H3. The molecule has 1 aromatic heterocycles. The van der Waals surface area contributed by atoms with Crippen molar-refractivity contribution in [2.45, 2.75) is 19.4 Å². The van der Waals surface area contributed by atoms with E-state index < -0.39 is 0 Å². The largest absolute Gasteiger partial charge is 0.497 e. The van der Waals surface area contributed by atoms with Crippen molar-refractivity contribution in [2.75, 3.05) is 20.3 Å². The third-order valence-electron chi connectivity index (χ3n) is 3.14. The molecule has 0 spiro atoms. The molecular weight excluding hydrogens is 228 g/mol. The van der Waals surface area contributed by atoms with Crippen molar-refractivity contribution in [3.05, 3.63) is 30.0 Å². The van der Waals surface area contributed by atoms with Gasteiger partial charge in [0.15, 0.2) is 0 Å². The Bertz CT molecular complexity index is 520. The number of benzene rings is 1. The summed E-state index contributed by atoms with van der Waals surface area (Å²) in [5.41, 5.74) is 8.06. The van der Waals surface area contributed by atoms with Gasteiger partial charge in [0.2, 0.25) is 0 Å². The first-order valence-electron chi connectivity index (χ1n) is 6.27. The van der Waals surface area contributed by atoms with Crippen LogP contribution in [-0.4, -0.2) is 29.9 Å². The van der Waals surface area contributed by atoms with E-state index >= 15 is 0 Å². The van der Waals surface area contributed by atoms with Gasteiger partial charge in [0, 0.05) is 30.3 Å². The van der Waals surface area contributed by atoms with Crippen LogP contribution in [0, 0.1) is 0 Å². The van der Waals surface area contributed by atoms with Gasteiger partial charge in [-0.2, -0.15) is 0 Å². The molecule has 0 radical (unpaired) electrons. The molecule has 0 atom stereocenters. The van der Waals surface area contributed by atoms with Crippen LogP contribution in [0.4, 0.5) is 0 Å². The molecule has 0 fully saturated rings. The second-order valence-corrected chi connectivity index (χ2v) is 4.35. The fourth-order valence-corrected chi connectivity index (χ4v) is 2.26. The molecule has 2 aromatic rings. The minimum atomic E-state index is 0.210. The van der Waals surface area contributed by atoms with Crippen molar-refractivity contribution >= 4 is 10.9 Å². The SMILES string of the molecule is COc1ccc2c(c1)c(CCN)cn2CCCO. The van der Waals surface area contributed by atoms with Gasteiger partial charge in [0.25, 0.3) is 0 Å². The zero-order valence-electron chi connectivity index (χ0n) is 10.7. The Hall–Kier alpha value is -1.52. The van der Waals surface area contributed by atoms with Crippen LogP contribution in [0.15, 0.2) is 24.4 Å². The molecule has 18 heavy (non-hydrogen) atoms. The lowest BCUT2D eigenvalue weighted by atomic mass is 10.1. The monoisotopic (exact) mass is 248 g/mol. The van der Waals surface area contributed by atoms with E-state index in [1.807, 2.05) is 6.07 Å². The predicted octanol–water partition coefficient (Wildman–Crippen LogP) is 1.53. The summed E-state index contributed by atoms with van der Waals surface area (Å²) in [4.78, 5) is 0. The molecule has 0 aliphatic rings. The van der Waals surface area contributed by atoms with Crippen LogP contribution in [0.2, 0.25) is 0 Å². The highest BCUT2D eigenvalue weighted by molar-refractivity contribution is 5.85. The van der Waals surface area contributed by atoms with Gasteiger partial charge in [-0.25, -0.2) is 0 Å². The third kappa shape index (κ3) is 2.49. The van der Waals surface area contributed by atoms with E-state index in [1.165, 1.54) is 16.5 Å². The average molecular weight is 248 g/mol. The van der Waals surface area contributed by atoms with Crippen LogP contribution in [-0.2, 0) is 13.0 Å². The molecule has 2 rings (SSSR count). The maximum absolute atomic E-state index is 8.94. The molecular formula is C14H20N2O2. The zero-order valence-corrected chi connectivity index (χ0v) is 10.7. The van der Waals surface area contributed by atoms with Gasteiger partial charge in [-0.15, -0.1) is 0 Å². The van der Waals surface area contributed by atoms with Gasteiger partial charge in [-0.3, -0.25) is 0 Å². The van der Waals surface area contributed by atoms with Crippen molar-refractivity contribution in [3.8, 4) is 5.75 Å². The Morgan fingerprint density at radius 1 is 1.39 bits per heavy atom. The van der Waals surface area contributed by atoms with Crippen molar-refractivity contribution < 1.29 is 9.84 Å². The van der Waals surface area contributed by atoms with Gasteiger partial charge >= 0.3 is 0 Å². The normalized spacial score (nSPS) is 11.1. The molecule has 0 aliphatic carbocycles. The number of aryl methyl sites for hydroxylation is 1.